The maximum absolute atomic E-state index is 3.53. The summed E-state index contributed by atoms with van der Waals surface area (Å²) in [6.07, 6.45) is 7.52. The van der Waals surface area contributed by atoms with Crippen LogP contribution in [0.5, 0.6) is 0 Å². The highest BCUT2D eigenvalue weighted by Crippen LogP contribution is 2.26. The van der Waals surface area contributed by atoms with Crippen LogP contribution in [-0.4, -0.2) is 12.6 Å². The second-order valence-electron chi connectivity index (χ2n) is 7.44. The molecule has 0 heterocycles. The normalized spacial score (nSPS) is 12.1. The van der Waals surface area contributed by atoms with Gasteiger partial charge in [-0.05, 0) is 55.2 Å². The van der Waals surface area contributed by atoms with Gasteiger partial charge in [0.2, 0.25) is 0 Å². The molecule has 0 spiro atoms. The standard InChI is InChI=1S/C20H35N/c1-6-7-8-18-9-11-19(12-10-18)13-14-20(4,5)15-16-21-17(2)3/h9-12,17,21H,6-8,13-16H2,1-5H3. The Labute approximate surface area is 132 Å². The van der Waals surface area contributed by atoms with Crippen molar-refractivity contribution in [2.45, 2.75) is 79.2 Å². The Morgan fingerprint density at radius 1 is 0.952 bits per heavy atom. The van der Waals surface area contributed by atoms with E-state index < -0.39 is 0 Å². The van der Waals surface area contributed by atoms with E-state index in [9.17, 15) is 0 Å². The van der Waals surface area contributed by atoms with Crippen LogP contribution in [0.15, 0.2) is 24.3 Å². The van der Waals surface area contributed by atoms with Crippen molar-refractivity contribution in [1.29, 1.82) is 0 Å². The molecule has 1 heteroatoms. The highest BCUT2D eigenvalue weighted by molar-refractivity contribution is 5.22. The number of rotatable bonds is 10. The largest absolute Gasteiger partial charge is 0.315 e. The van der Waals surface area contributed by atoms with Crippen LogP contribution in [0.25, 0.3) is 0 Å². The molecule has 1 aromatic rings. The predicted octanol–water partition coefficient (Wildman–Crippen LogP) is 5.38. The molecular weight excluding hydrogens is 254 g/mol. The Bertz CT molecular complexity index is 375. The summed E-state index contributed by atoms with van der Waals surface area (Å²) in [6.45, 7) is 12.6. The number of nitrogens with one attached hydrogen (secondary N) is 1. The van der Waals surface area contributed by atoms with E-state index in [-0.39, 0.29) is 0 Å². The molecule has 0 radical (unpaired) electrons. The van der Waals surface area contributed by atoms with Gasteiger partial charge in [0, 0.05) is 6.04 Å². The molecule has 1 rings (SSSR count). The van der Waals surface area contributed by atoms with E-state index in [0.717, 1.165) is 6.54 Å². The third-order valence-corrected chi connectivity index (χ3v) is 4.29. The zero-order valence-electron chi connectivity index (χ0n) is 14.8. The van der Waals surface area contributed by atoms with Crippen LogP contribution in [0.4, 0.5) is 0 Å². The topological polar surface area (TPSA) is 12.0 Å². The molecule has 120 valence electrons. The molecule has 0 aliphatic heterocycles. The summed E-state index contributed by atoms with van der Waals surface area (Å²) in [6, 6.07) is 9.88. The average molecular weight is 290 g/mol. The monoisotopic (exact) mass is 289 g/mol. The quantitative estimate of drug-likeness (QED) is 0.610. The molecule has 21 heavy (non-hydrogen) atoms. The lowest BCUT2D eigenvalue weighted by molar-refractivity contribution is 0.298. The Kier molecular flexibility index (Phi) is 8.03. The molecule has 0 amide bonds. The fraction of sp³-hybridized carbons (Fsp3) is 0.700. The van der Waals surface area contributed by atoms with Crippen molar-refractivity contribution in [3.63, 3.8) is 0 Å². The van der Waals surface area contributed by atoms with Gasteiger partial charge < -0.3 is 5.32 Å². The minimum Gasteiger partial charge on any atom is -0.315 e. The van der Waals surface area contributed by atoms with Crippen molar-refractivity contribution in [2.24, 2.45) is 5.41 Å². The molecule has 0 fully saturated rings. The van der Waals surface area contributed by atoms with Gasteiger partial charge in [-0.15, -0.1) is 0 Å². The first-order chi connectivity index (χ1) is 9.93. The van der Waals surface area contributed by atoms with Crippen molar-refractivity contribution in [3.05, 3.63) is 35.4 Å². The van der Waals surface area contributed by atoms with Crippen LogP contribution >= 0.6 is 0 Å². The Balaban J connectivity index is 2.35. The minimum atomic E-state index is 0.419. The van der Waals surface area contributed by atoms with E-state index in [1.165, 1.54) is 49.7 Å². The lowest BCUT2D eigenvalue weighted by atomic mass is 9.83. The summed E-state index contributed by atoms with van der Waals surface area (Å²) in [7, 11) is 0. The molecular formula is C20H35N. The first-order valence-electron chi connectivity index (χ1n) is 8.74. The second-order valence-corrected chi connectivity index (χ2v) is 7.44. The Hall–Kier alpha value is -0.820. The molecule has 0 aliphatic carbocycles. The van der Waals surface area contributed by atoms with E-state index in [1.54, 1.807) is 0 Å². The molecule has 0 atom stereocenters. The molecule has 0 saturated carbocycles. The first-order valence-corrected chi connectivity index (χ1v) is 8.74. The van der Waals surface area contributed by atoms with Gasteiger partial charge in [-0.1, -0.05) is 65.3 Å². The number of unbranched alkanes of at least 4 members (excludes halogenated alkanes) is 1. The van der Waals surface area contributed by atoms with Crippen LogP contribution in [0.2, 0.25) is 0 Å². The third kappa shape index (κ3) is 8.26. The second kappa shape index (κ2) is 9.25. The zero-order valence-corrected chi connectivity index (χ0v) is 14.8. The minimum absolute atomic E-state index is 0.419. The molecule has 0 aromatic heterocycles. The van der Waals surface area contributed by atoms with E-state index in [2.05, 4.69) is 64.2 Å². The molecule has 1 nitrogen and oxygen atoms in total. The fourth-order valence-electron chi connectivity index (χ4n) is 2.56. The number of hydrogen-bond acceptors (Lipinski definition) is 1. The highest BCUT2D eigenvalue weighted by Gasteiger charge is 2.17. The van der Waals surface area contributed by atoms with Crippen LogP contribution in [0.3, 0.4) is 0 Å². The third-order valence-electron chi connectivity index (χ3n) is 4.29. The summed E-state index contributed by atoms with van der Waals surface area (Å²) in [5, 5.41) is 3.53. The zero-order chi connectivity index (χ0) is 15.7. The van der Waals surface area contributed by atoms with Gasteiger partial charge in [0.1, 0.15) is 0 Å². The summed E-state index contributed by atoms with van der Waals surface area (Å²) in [5.74, 6) is 0. The van der Waals surface area contributed by atoms with Gasteiger partial charge in [-0.3, -0.25) is 0 Å². The van der Waals surface area contributed by atoms with Crippen molar-refractivity contribution < 1.29 is 0 Å². The van der Waals surface area contributed by atoms with E-state index in [0.29, 0.717) is 11.5 Å². The SMILES string of the molecule is CCCCc1ccc(CCC(C)(C)CCNC(C)C)cc1. The van der Waals surface area contributed by atoms with Gasteiger partial charge in [-0.2, -0.15) is 0 Å². The van der Waals surface area contributed by atoms with Gasteiger partial charge in [0.05, 0.1) is 0 Å². The molecule has 0 saturated heterocycles. The van der Waals surface area contributed by atoms with Crippen LogP contribution < -0.4 is 5.32 Å². The van der Waals surface area contributed by atoms with E-state index >= 15 is 0 Å². The molecule has 1 N–H and O–H groups in total. The number of aryl methyl sites for hydroxylation is 2. The van der Waals surface area contributed by atoms with Gasteiger partial charge >= 0.3 is 0 Å². The van der Waals surface area contributed by atoms with Crippen molar-refractivity contribution in [1.82, 2.24) is 5.32 Å². The maximum atomic E-state index is 3.53. The summed E-state index contributed by atoms with van der Waals surface area (Å²) >= 11 is 0. The lowest BCUT2D eigenvalue weighted by Gasteiger charge is -2.25. The van der Waals surface area contributed by atoms with Crippen LogP contribution in [-0.2, 0) is 12.8 Å². The predicted molar refractivity (Wildman–Crippen MR) is 94.9 cm³/mol. The van der Waals surface area contributed by atoms with Crippen molar-refractivity contribution in [2.75, 3.05) is 6.54 Å². The number of hydrogen-bond donors (Lipinski definition) is 1. The van der Waals surface area contributed by atoms with E-state index in [4.69, 9.17) is 0 Å². The van der Waals surface area contributed by atoms with E-state index in [1.807, 2.05) is 0 Å². The van der Waals surface area contributed by atoms with Crippen molar-refractivity contribution in [3.8, 4) is 0 Å². The molecule has 1 aromatic carbocycles. The van der Waals surface area contributed by atoms with Gasteiger partial charge in [0.25, 0.3) is 0 Å². The Morgan fingerprint density at radius 3 is 2.05 bits per heavy atom. The molecule has 0 aliphatic rings. The summed E-state index contributed by atoms with van der Waals surface area (Å²) in [4.78, 5) is 0. The van der Waals surface area contributed by atoms with Crippen LogP contribution in [0, 0.1) is 5.41 Å². The summed E-state index contributed by atoms with van der Waals surface area (Å²) in [5.41, 5.74) is 3.39. The Morgan fingerprint density at radius 2 is 1.52 bits per heavy atom. The molecule has 0 unspecified atom stereocenters. The van der Waals surface area contributed by atoms with Crippen molar-refractivity contribution >= 4 is 0 Å². The lowest BCUT2D eigenvalue weighted by Crippen LogP contribution is -2.28. The van der Waals surface area contributed by atoms with Gasteiger partial charge in [-0.25, -0.2) is 0 Å². The highest BCUT2D eigenvalue weighted by atomic mass is 14.9. The maximum Gasteiger partial charge on any atom is 0.00103 e. The fourth-order valence-corrected chi connectivity index (χ4v) is 2.56. The van der Waals surface area contributed by atoms with Crippen LogP contribution in [0.1, 0.15) is 71.4 Å². The molecule has 0 bridgehead atoms. The number of benzene rings is 1. The smallest absolute Gasteiger partial charge is 0.00103 e. The average Bonchev–Trinajstić information content (AvgIpc) is 2.43. The van der Waals surface area contributed by atoms with Gasteiger partial charge in [0.15, 0.2) is 0 Å². The first kappa shape index (κ1) is 18.2. The summed E-state index contributed by atoms with van der Waals surface area (Å²) < 4.78 is 0.